The van der Waals surface area contributed by atoms with E-state index in [0.717, 1.165) is 73.6 Å². The van der Waals surface area contributed by atoms with Crippen molar-refractivity contribution in [1.82, 2.24) is 0 Å². The van der Waals surface area contributed by atoms with Crippen LogP contribution in [0.25, 0.3) is 33.4 Å². The van der Waals surface area contributed by atoms with Gasteiger partial charge in [0, 0.05) is 34.1 Å². The zero-order valence-electron chi connectivity index (χ0n) is 31.7. The number of hydrogen-bond donors (Lipinski definition) is 0. The molecule has 5 heteroatoms. The van der Waals surface area contributed by atoms with Gasteiger partial charge in [-0.1, -0.05) is 91.0 Å². The third-order valence-electron chi connectivity index (χ3n) is 10.0. The Labute approximate surface area is 329 Å². The Bertz CT molecular complexity index is 2460. The van der Waals surface area contributed by atoms with E-state index in [9.17, 15) is 0 Å². The number of anilines is 6. The van der Waals surface area contributed by atoms with Crippen LogP contribution in [0.3, 0.4) is 0 Å². The first-order valence-corrected chi connectivity index (χ1v) is 18.6. The van der Waals surface area contributed by atoms with Gasteiger partial charge in [-0.2, -0.15) is 0 Å². The maximum Gasteiger partial charge on any atom is 0.119 e. The molecule has 0 heterocycles. The van der Waals surface area contributed by atoms with Crippen LogP contribution in [0.4, 0.5) is 34.1 Å². The summed E-state index contributed by atoms with van der Waals surface area (Å²) in [5, 5.41) is 0. The Kier molecular flexibility index (Phi) is 10.5. The highest BCUT2D eigenvalue weighted by Crippen LogP contribution is 2.40. The van der Waals surface area contributed by atoms with Crippen molar-refractivity contribution in [2.45, 2.75) is 0 Å². The fourth-order valence-electron chi connectivity index (χ4n) is 6.98. The first-order chi connectivity index (χ1) is 27.6. The van der Waals surface area contributed by atoms with E-state index in [0.29, 0.717) is 0 Å². The molecule has 0 aliphatic heterocycles. The van der Waals surface area contributed by atoms with Crippen LogP contribution in [0.5, 0.6) is 17.2 Å². The minimum absolute atomic E-state index is 0.817. The van der Waals surface area contributed by atoms with Gasteiger partial charge >= 0.3 is 0 Å². The lowest BCUT2D eigenvalue weighted by Crippen LogP contribution is -2.10. The third-order valence-corrected chi connectivity index (χ3v) is 10.0. The molecule has 0 fully saturated rings. The van der Waals surface area contributed by atoms with Crippen molar-refractivity contribution < 1.29 is 14.2 Å². The number of nitrogens with zero attached hydrogens (tertiary/aromatic N) is 2. The minimum Gasteiger partial charge on any atom is -0.497 e. The number of methoxy groups -OCH3 is 3. The van der Waals surface area contributed by atoms with Gasteiger partial charge in [-0.05, 0) is 143 Å². The average Bonchev–Trinajstić information content (AvgIpc) is 3.28. The summed E-state index contributed by atoms with van der Waals surface area (Å²) < 4.78 is 16.3. The molecule has 0 atom stereocenters. The van der Waals surface area contributed by atoms with Crippen LogP contribution < -0.4 is 24.0 Å². The molecule has 5 nitrogen and oxygen atoms in total. The molecule has 8 aromatic carbocycles. The topological polar surface area (TPSA) is 34.2 Å². The van der Waals surface area contributed by atoms with Crippen molar-refractivity contribution in [2.24, 2.45) is 0 Å². The molecule has 0 bridgehead atoms. The lowest BCUT2D eigenvalue weighted by Gasteiger charge is -2.26. The summed E-state index contributed by atoms with van der Waals surface area (Å²) in [7, 11) is 5.07. The molecule has 0 N–H and O–H groups in total. The van der Waals surface area contributed by atoms with Crippen molar-refractivity contribution in [2.75, 3.05) is 31.1 Å². The fraction of sp³-hybridized carbons (Fsp3) is 0.0588. The predicted octanol–water partition coefficient (Wildman–Crippen LogP) is 13.7. The van der Waals surface area contributed by atoms with E-state index < -0.39 is 0 Å². The first-order valence-electron chi connectivity index (χ1n) is 18.6. The maximum atomic E-state index is 5.47. The highest BCUT2D eigenvalue weighted by Gasteiger charge is 2.16. The largest absolute Gasteiger partial charge is 0.497 e. The highest BCUT2D eigenvalue weighted by molar-refractivity contribution is 5.82. The highest BCUT2D eigenvalue weighted by atomic mass is 16.5. The van der Waals surface area contributed by atoms with Crippen LogP contribution >= 0.6 is 0 Å². The van der Waals surface area contributed by atoms with Gasteiger partial charge < -0.3 is 24.0 Å². The van der Waals surface area contributed by atoms with Crippen LogP contribution in [-0.2, 0) is 0 Å². The Hall–Kier alpha value is -7.24. The molecule has 56 heavy (non-hydrogen) atoms. The smallest absolute Gasteiger partial charge is 0.119 e. The number of benzene rings is 8. The SMILES string of the molecule is COc1ccc(-c2ccc(N(c3ccc(OC)cc3)c3ccc(-c4ccc(N(c5ccc(OC)cc5)c5ccc(-c6ccccc6)cc5)cc4)cc3)cc2)cc1. The second-order valence-electron chi connectivity index (χ2n) is 13.3. The van der Waals surface area contributed by atoms with E-state index in [-0.39, 0.29) is 0 Å². The van der Waals surface area contributed by atoms with Gasteiger partial charge in [0.05, 0.1) is 21.3 Å². The summed E-state index contributed by atoms with van der Waals surface area (Å²) in [6.45, 7) is 0. The normalized spacial score (nSPS) is 10.8. The summed E-state index contributed by atoms with van der Waals surface area (Å²) in [4.78, 5) is 4.54. The van der Waals surface area contributed by atoms with E-state index >= 15 is 0 Å². The Morgan fingerprint density at radius 2 is 0.429 bits per heavy atom. The van der Waals surface area contributed by atoms with Crippen LogP contribution in [0.15, 0.2) is 200 Å². The Morgan fingerprint density at radius 1 is 0.232 bits per heavy atom. The molecule has 0 amide bonds. The van der Waals surface area contributed by atoms with Crippen molar-refractivity contribution in [3.63, 3.8) is 0 Å². The molecule has 0 saturated heterocycles. The second-order valence-corrected chi connectivity index (χ2v) is 13.3. The second kappa shape index (κ2) is 16.4. The van der Waals surface area contributed by atoms with Gasteiger partial charge in [0.2, 0.25) is 0 Å². The lowest BCUT2D eigenvalue weighted by atomic mass is 10.0. The summed E-state index contributed by atoms with van der Waals surface area (Å²) in [5.41, 5.74) is 13.2. The Morgan fingerprint density at radius 3 is 0.679 bits per heavy atom. The molecule has 0 radical (unpaired) electrons. The van der Waals surface area contributed by atoms with Gasteiger partial charge in [-0.15, -0.1) is 0 Å². The van der Waals surface area contributed by atoms with E-state index in [1.54, 1.807) is 21.3 Å². The number of ether oxygens (including phenoxy) is 3. The van der Waals surface area contributed by atoms with Crippen molar-refractivity contribution in [1.29, 1.82) is 0 Å². The zero-order chi connectivity index (χ0) is 38.3. The standard InChI is InChI=1S/C51H42N2O3/c1-54-49-31-17-42(18-32-49)41-15-25-46(26-16-41)53(48-29-35-51(56-3)36-30-48)45-23-13-40(14-24-45)39-11-21-44(22-12-39)52(47-27-33-50(55-2)34-28-47)43-19-9-38(10-20-43)37-7-5-4-6-8-37/h4-36H,1-3H3. The first kappa shape index (κ1) is 35.8. The van der Waals surface area contributed by atoms with Crippen LogP contribution in [0, 0.1) is 0 Å². The molecule has 8 rings (SSSR count). The third kappa shape index (κ3) is 7.70. The molecule has 0 unspecified atom stereocenters. The summed E-state index contributed by atoms with van der Waals surface area (Å²) in [5.74, 6) is 2.48. The monoisotopic (exact) mass is 730 g/mol. The Balaban J connectivity index is 1.08. The zero-order valence-corrected chi connectivity index (χ0v) is 31.7. The van der Waals surface area contributed by atoms with Crippen molar-refractivity contribution in [3.05, 3.63) is 200 Å². The summed E-state index contributed by atoms with van der Waals surface area (Å²) >= 11 is 0. The van der Waals surface area contributed by atoms with E-state index in [1.807, 2.05) is 42.5 Å². The molecule has 0 spiro atoms. The molecular weight excluding hydrogens is 689 g/mol. The number of rotatable bonds is 12. The molecule has 0 aliphatic rings. The summed E-state index contributed by atoms with van der Waals surface area (Å²) in [6, 6.07) is 69.9. The fourth-order valence-corrected chi connectivity index (χ4v) is 6.98. The van der Waals surface area contributed by atoms with Crippen molar-refractivity contribution in [3.8, 4) is 50.6 Å². The summed E-state index contributed by atoms with van der Waals surface area (Å²) in [6.07, 6.45) is 0. The van der Waals surface area contributed by atoms with Gasteiger partial charge in [0.25, 0.3) is 0 Å². The lowest BCUT2D eigenvalue weighted by molar-refractivity contribution is 0.414. The molecule has 0 aliphatic carbocycles. The van der Waals surface area contributed by atoms with E-state index in [4.69, 9.17) is 14.2 Å². The van der Waals surface area contributed by atoms with Crippen LogP contribution in [-0.4, -0.2) is 21.3 Å². The molecular formula is C51H42N2O3. The van der Waals surface area contributed by atoms with E-state index in [1.165, 1.54) is 11.1 Å². The van der Waals surface area contributed by atoms with Gasteiger partial charge in [0.15, 0.2) is 0 Å². The molecule has 274 valence electrons. The van der Waals surface area contributed by atoms with Crippen molar-refractivity contribution >= 4 is 34.1 Å². The molecule has 0 saturated carbocycles. The quantitative estimate of drug-likeness (QED) is 0.125. The number of hydrogen-bond acceptors (Lipinski definition) is 5. The van der Waals surface area contributed by atoms with Gasteiger partial charge in [0.1, 0.15) is 17.2 Å². The van der Waals surface area contributed by atoms with E-state index in [2.05, 4.69) is 168 Å². The predicted molar refractivity (Wildman–Crippen MR) is 232 cm³/mol. The van der Waals surface area contributed by atoms with Crippen LogP contribution in [0.1, 0.15) is 0 Å². The maximum absolute atomic E-state index is 5.47. The minimum atomic E-state index is 0.817. The van der Waals surface area contributed by atoms with Crippen LogP contribution in [0.2, 0.25) is 0 Å². The molecule has 8 aromatic rings. The van der Waals surface area contributed by atoms with Gasteiger partial charge in [-0.25, -0.2) is 0 Å². The van der Waals surface area contributed by atoms with Gasteiger partial charge in [-0.3, -0.25) is 0 Å². The average molecular weight is 731 g/mol. The molecule has 0 aromatic heterocycles.